The molecule has 1 N–H and O–H groups in total. The number of anilines is 1. The van der Waals surface area contributed by atoms with E-state index in [9.17, 15) is 10.1 Å². The monoisotopic (exact) mass is 419 g/mol. The Hall–Kier alpha value is -3.49. The molecule has 5 nitrogen and oxygen atoms in total. The average Bonchev–Trinajstić information content (AvgIpc) is 3.00. The van der Waals surface area contributed by atoms with E-state index in [0.29, 0.717) is 17.3 Å². The molecule has 152 valence electrons. The van der Waals surface area contributed by atoms with E-state index in [1.807, 2.05) is 57.2 Å². The number of ether oxygens (including phenoxy) is 1. The summed E-state index contributed by atoms with van der Waals surface area (Å²) in [5.41, 5.74) is 4.26. The summed E-state index contributed by atoms with van der Waals surface area (Å²) in [6, 6.07) is 18.6. The highest BCUT2D eigenvalue weighted by atomic mass is 35.5. The molecule has 3 aromatic rings. The number of nitriles is 1. The number of amides is 1. The van der Waals surface area contributed by atoms with Crippen LogP contribution in [0.1, 0.15) is 23.9 Å². The van der Waals surface area contributed by atoms with Crippen molar-refractivity contribution in [1.82, 2.24) is 4.57 Å². The van der Waals surface area contributed by atoms with Crippen LogP contribution in [-0.2, 0) is 4.79 Å². The molecule has 0 saturated carbocycles. The molecule has 1 heterocycles. The number of nitrogens with zero attached hydrogens (tertiary/aromatic N) is 2. The van der Waals surface area contributed by atoms with E-state index < -0.39 is 5.91 Å². The molecule has 0 spiro atoms. The number of hydrogen-bond donors (Lipinski definition) is 1. The molecule has 6 heteroatoms. The Bertz CT molecular complexity index is 1140. The third-order valence-corrected chi connectivity index (χ3v) is 4.86. The van der Waals surface area contributed by atoms with E-state index in [4.69, 9.17) is 16.3 Å². The van der Waals surface area contributed by atoms with E-state index >= 15 is 0 Å². The van der Waals surface area contributed by atoms with E-state index in [-0.39, 0.29) is 5.57 Å². The number of carbonyl (C=O) groups excluding carboxylic acids is 1. The Morgan fingerprint density at radius 3 is 2.57 bits per heavy atom. The summed E-state index contributed by atoms with van der Waals surface area (Å²) in [6.45, 7) is 6.50. The predicted molar refractivity (Wildman–Crippen MR) is 120 cm³/mol. The van der Waals surface area contributed by atoms with Crippen LogP contribution in [-0.4, -0.2) is 17.1 Å². The maximum absolute atomic E-state index is 12.6. The zero-order valence-corrected chi connectivity index (χ0v) is 17.8. The van der Waals surface area contributed by atoms with E-state index in [1.165, 1.54) is 0 Å². The van der Waals surface area contributed by atoms with Crippen LogP contribution in [0.3, 0.4) is 0 Å². The summed E-state index contributed by atoms with van der Waals surface area (Å²) in [4.78, 5) is 12.6. The molecule has 0 aliphatic heterocycles. The molecule has 0 unspecified atom stereocenters. The standard InChI is InChI=1S/C24H22ClN3O2/c1-4-30-23-10-8-22(9-11-23)28-16(2)12-18(17(28)3)13-19(15-26)24(29)27-21-7-5-6-20(25)14-21/h5-14H,4H2,1-3H3,(H,27,29)/b19-13+. The zero-order chi connectivity index (χ0) is 21.7. The minimum Gasteiger partial charge on any atom is -0.494 e. The normalized spacial score (nSPS) is 11.1. The van der Waals surface area contributed by atoms with Crippen LogP contribution in [0.25, 0.3) is 11.8 Å². The van der Waals surface area contributed by atoms with Crippen molar-refractivity contribution in [3.63, 3.8) is 0 Å². The highest BCUT2D eigenvalue weighted by Gasteiger charge is 2.14. The fraction of sp³-hybridized carbons (Fsp3) is 0.167. The first-order chi connectivity index (χ1) is 14.4. The quantitative estimate of drug-likeness (QED) is 0.412. The lowest BCUT2D eigenvalue weighted by Gasteiger charge is -2.11. The van der Waals surface area contributed by atoms with Gasteiger partial charge in [-0.2, -0.15) is 5.26 Å². The van der Waals surface area contributed by atoms with Crippen molar-refractivity contribution in [3.05, 3.63) is 82.1 Å². The first kappa shape index (κ1) is 21.2. The highest BCUT2D eigenvalue weighted by Crippen LogP contribution is 2.25. The Balaban J connectivity index is 1.89. The molecule has 2 aromatic carbocycles. The summed E-state index contributed by atoms with van der Waals surface area (Å²) >= 11 is 5.96. The van der Waals surface area contributed by atoms with Crippen molar-refractivity contribution in [3.8, 4) is 17.5 Å². The van der Waals surface area contributed by atoms with Crippen molar-refractivity contribution < 1.29 is 9.53 Å². The number of rotatable bonds is 6. The van der Waals surface area contributed by atoms with Crippen LogP contribution in [0.2, 0.25) is 5.02 Å². The summed E-state index contributed by atoms with van der Waals surface area (Å²) in [5.74, 6) is 0.332. The Kier molecular flexibility index (Phi) is 6.61. The van der Waals surface area contributed by atoms with Gasteiger partial charge >= 0.3 is 0 Å². The van der Waals surface area contributed by atoms with Gasteiger partial charge in [-0.15, -0.1) is 0 Å². The lowest BCUT2D eigenvalue weighted by Crippen LogP contribution is -2.13. The van der Waals surface area contributed by atoms with Gasteiger partial charge < -0.3 is 14.6 Å². The molecule has 0 saturated heterocycles. The fourth-order valence-electron chi connectivity index (χ4n) is 3.26. The number of nitrogens with one attached hydrogen (secondary N) is 1. The minimum atomic E-state index is -0.481. The fourth-order valence-corrected chi connectivity index (χ4v) is 3.45. The van der Waals surface area contributed by atoms with Crippen LogP contribution in [0.5, 0.6) is 5.75 Å². The Labute approximate surface area is 181 Å². The molecule has 30 heavy (non-hydrogen) atoms. The molecule has 0 bridgehead atoms. The second kappa shape index (κ2) is 9.34. The number of aromatic nitrogens is 1. The second-order valence-electron chi connectivity index (χ2n) is 6.72. The van der Waals surface area contributed by atoms with Crippen molar-refractivity contribution in [2.75, 3.05) is 11.9 Å². The van der Waals surface area contributed by atoms with Crippen molar-refractivity contribution in [2.24, 2.45) is 0 Å². The van der Waals surface area contributed by atoms with Gasteiger partial charge in [0.05, 0.1) is 6.61 Å². The molecule has 0 atom stereocenters. The number of benzene rings is 2. The highest BCUT2D eigenvalue weighted by molar-refractivity contribution is 6.31. The van der Waals surface area contributed by atoms with Gasteiger partial charge in [-0.1, -0.05) is 17.7 Å². The molecular formula is C24H22ClN3O2. The lowest BCUT2D eigenvalue weighted by atomic mass is 10.1. The molecule has 1 aromatic heterocycles. The third kappa shape index (κ3) is 4.73. The van der Waals surface area contributed by atoms with Gasteiger partial charge in [0.15, 0.2) is 0 Å². The minimum absolute atomic E-state index is 0.0157. The molecule has 0 radical (unpaired) electrons. The van der Waals surface area contributed by atoms with Gasteiger partial charge in [0.2, 0.25) is 0 Å². The van der Waals surface area contributed by atoms with E-state index in [0.717, 1.165) is 28.4 Å². The van der Waals surface area contributed by atoms with Crippen molar-refractivity contribution in [1.29, 1.82) is 5.26 Å². The first-order valence-corrected chi connectivity index (χ1v) is 9.91. The summed E-state index contributed by atoms with van der Waals surface area (Å²) in [6.07, 6.45) is 1.60. The zero-order valence-electron chi connectivity index (χ0n) is 17.1. The summed E-state index contributed by atoms with van der Waals surface area (Å²) in [5, 5.41) is 12.7. The topological polar surface area (TPSA) is 67.0 Å². The van der Waals surface area contributed by atoms with Crippen LogP contribution in [0.4, 0.5) is 5.69 Å². The average molecular weight is 420 g/mol. The molecule has 1 amide bonds. The summed E-state index contributed by atoms with van der Waals surface area (Å²) in [7, 11) is 0. The van der Waals surface area contributed by atoms with Crippen LogP contribution < -0.4 is 10.1 Å². The first-order valence-electron chi connectivity index (χ1n) is 9.53. The van der Waals surface area contributed by atoms with Crippen molar-refractivity contribution >= 4 is 29.3 Å². The smallest absolute Gasteiger partial charge is 0.266 e. The molecule has 3 rings (SSSR count). The molecular weight excluding hydrogens is 398 g/mol. The molecule has 0 aliphatic carbocycles. The van der Waals surface area contributed by atoms with Crippen LogP contribution >= 0.6 is 11.6 Å². The van der Waals surface area contributed by atoms with Gasteiger partial charge in [-0.25, -0.2) is 0 Å². The summed E-state index contributed by atoms with van der Waals surface area (Å²) < 4.78 is 7.58. The van der Waals surface area contributed by atoms with Gasteiger partial charge in [-0.3, -0.25) is 4.79 Å². The SMILES string of the molecule is CCOc1ccc(-n2c(C)cc(/C=C(\C#N)C(=O)Nc3cccc(Cl)c3)c2C)cc1. The number of aryl methyl sites for hydroxylation is 1. The Morgan fingerprint density at radius 2 is 1.93 bits per heavy atom. The largest absolute Gasteiger partial charge is 0.494 e. The maximum Gasteiger partial charge on any atom is 0.266 e. The Morgan fingerprint density at radius 1 is 1.20 bits per heavy atom. The van der Waals surface area contributed by atoms with Crippen molar-refractivity contribution in [2.45, 2.75) is 20.8 Å². The lowest BCUT2D eigenvalue weighted by molar-refractivity contribution is -0.112. The van der Waals surface area contributed by atoms with Gasteiger partial charge in [0.25, 0.3) is 5.91 Å². The number of halogens is 1. The number of hydrogen-bond acceptors (Lipinski definition) is 3. The van der Waals surface area contributed by atoms with Gasteiger partial charge in [0.1, 0.15) is 17.4 Å². The molecule has 0 fully saturated rings. The maximum atomic E-state index is 12.6. The second-order valence-corrected chi connectivity index (χ2v) is 7.16. The van der Waals surface area contributed by atoms with Crippen LogP contribution in [0.15, 0.2) is 60.2 Å². The van der Waals surface area contributed by atoms with Gasteiger partial charge in [0, 0.05) is 27.8 Å². The van der Waals surface area contributed by atoms with E-state index in [1.54, 1.807) is 30.3 Å². The molecule has 0 aliphatic rings. The van der Waals surface area contributed by atoms with Gasteiger partial charge in [-0.05, 0) is 80.9 Å². The van der Waals surface area contributed by atoms with Crippen LogP contribution in [0, 0.1) is 25.2 Å². The third-order valence-electron chi connectivity index (χ3n) is 4.62. The predicted octanol–water partition coefficient (Wildman–Crippen LogP) is 5.69. The number of carbonyl (C=O) groups is 1. The van der Waals surface area contributed by atoms with E-state index in [2.05, 4.69) is 9.88 Å².